The molecule has 36 heavy (non-hydrogen) atoms. The van der Waals surface area contributed by atoms with Crippen molar-refractivity contribution in [3.05, 3.63) is 121 Å². The van der Waals surface area contributed by atoms with E-state index in [-0.39, 0.29) is 23.2 Å². The Bertz CT molecular complexity index is 1420. The van der Waals surface area contributed by atoms with E-state index in [1.54, 1.807) is 48.5 Å². The standard InChI is InChI=1S/C27H22N4O5/c32-27(19-8-2-1-3-9-19)29-26(21-11-5-13-23(17-21)31(35)36)24-14-6-10-20(25(24)28-29)15-18-7-4-12-22(16-18)30(33)34/h1-5,7-9,11-13,15-17,24,26H,6,10,14H2/b20-15+/t24-,26-/m0/s1. The molecule has 9 heteroatoms. The fourth-order valence-corrected chi connectivity index (χ4v) is 4.97. The summed E-state index contributed by atoms with van der Waals surface area (Å²) in [6.45, 7) is 0. The smallest absolute Gasteiger partial charge is 0.267 e. The van der Waals surface area contributed by atoms with Crippen molar-refractivity contribution >= 4 is 29.1 Å². The maximum atomic E-state index is 13.6. The summed E-state index contributed by atoms with van der Waals surface area (Å²) in [5.74, 6) is -0.443. The van der Waals surface area contributed by atoms with E-state index in [0.717, 1.165) is 24.1 Å². The summed E-state index contributed by atoms with van der Waals surface area (Å²) in [4.78, 5) is 35.4. The third kappa shape index (κ3) is 4.38. The Balaban J connectivity index is 1.59. The molecule has 0 aromatic heterocycles. The van der Waals surface area contributed by atoms with Gasteiger partial charge in [-0.25, -0.2) is 5.01 Å². The van der Waals surface area contributed by atoms with Gasteiger partial charge < -0.3 is 0 Å². The van der Waals surface area contributed by atoms with Crippen LogP contribution in [0.1, 0.15) is 46.8 Å². The van der Waals surface area contributed by atoms with Crippen molar-refractivity contribution in [2.24, 2.45) is 11.0 Å². The van der Waals surface area contributed by atoms with Gasteiger partial charge in [0.1, 0.15) is 0 Å². The lowest BCUT2D eigenvalue weighted by Crippen LogP contribution is -2.32. The van der Waals surface area contributed by atoms with Gasteiger partial charge in [-0.3, -0.25) is 25.0 Å². The van der Waals surface area contributed by atoms with Crippen LogP contribution in [0.2, 0.25) is 0 Å². The lowest BCUT2D eigenvalue weighted by Gasteiger charge is -2.29. The zero-order chi connectivity index (χ0) is 25.2. The number of non-ortho nitro benzene ring substituents is 2. The summed E-state index contributed by atoms with van der Waals surface area (Å²) in [5.41, 5.74) is 3.41. The number of fused-ring (bicyclic) bond motifs is 1. The molecule has 0 saturated heterocycles. The molecule has 0 spiro atoms. The summed E-state index contributed by atoms with van der Waals surface area (Å²) >= 11 is 0. The normalized spacial score (nSPS) is 20.1. The fraction of sp³-hybridized carbons (Fsp3) is 0.185. The highest BCUT2D eigenvalue weighted by Crippen LogP contribution is 2.45. The molecule has 0 bridgehead atoms. The highest BCUT2D eigenvalue weighted by molar-refractivity contribution is 6.09. The summed E-state index contributed by atoms with van der Waals surface area (Å²) in [6, 6.07) is 21.1. The zero-order valence-electron chi connectivity index (χ0n) is 19.2. The van der Waals surface area contributed by atoms with Crippen LogP contribution in [-0.2, 0) is 0 Å². The summed E-state index contributed by atoms with van der Waals surface area (Å²) in [6.07, 6.45) is 4.20. The molecule has 0 unspecified atom stereocenters. The van der Waals surface area contributed by atoms with Crippen LogP contribution in [0, 0.1) is 26.1 Å². The van der Waals surface area contributed by atoms with Gasteiger partial charge in [-0.05, 0) is 54.2 Å². The van der Waals surface area contributed by atoms with Gasteiger partial charge in [0.25, 0.3) is 17.3 Å². The van der Waals surface area contributed by atoms with Crippen LogP contribution in [0.15, 0.2) is 89.5 Å². The second-order valence-electron chi connectivity index (χ2n) is 8.82. The monoisotopic (exact) mass is 482 g/mol. The Hall–Kier alpha value is -4.66. The van der Waals surface area contributed by atoms with Gasteiger partial charge in [-0.2, -0.15) is 5.10 Å². The number of rotatable bonds is 5. The lowest BCUT2D eigenvalue weighted by atomic mass is 9.77. The van der Waals surface area contributed by atoms with Crippen LogP contribution >= 0.6 is 0 Å². The van der Waals surface area contributed by atoms with Gasteiger partial charge in [0, 0.05) is 35.7 Å². The summed E-state index contributed by atoms with van der Waals surface area (Å²) < 4.78 is 0. The van der Waals surface area contributed by atoms with Crippen LogP contribution in [0.25, 0.3) is 6.08 Å². The van der Waals surface area contributed by atoms with Gasteiger partial charge in [-0.1, -0.05) is 42.5 Å². The number of nitro groups is 2. The molecule has 5 rings (SSSR count). The van der Waals surface area contributed by atoms with Crippen molar-refractivity contribution < 1.29 is 14.6 Å². The van der Waals surface area contributed by atoms with E-state index in [4.69, 9.17) is 5.10 Å². The number of nitrogens with zero attached hydrogens (tertiary/aromatic N) is 4. The number of amides is 1. The van der Waals surface area contributed by atoms with Crippen molar-refractivity contribution in [1.82, 2.24) is 5.01 Å². The molecule has 1 aliphatic carbocycles. The summed E-state index contributed by atoms with van der Waals surface area (Å²) in [5, 5.41) is 28.9. The average molecular weight is 482 g/mol. The molecule has 1 heterocycles. The van der Waals surface area contributed by atoms with Crippen LogP contribution in [0.5, 0.6) is 0 Å². The zero-order valence-corrected chi connectivity index (χ0v) is 19.2. The van der Waals surface area contributed by atoms with E-state index < -0.39 is 15.9 Å². The van der Waals surface area contributed by atoms with E-state index >= 15 is 0 Å². The molecule has 3 aromatic rings. The number of nitro benzene ring substituents is 2. The van der Waals surface area contributed by atoms with E-state index in [0.29, 0.717) is 23.1 Å². The number of carbonyl (C=O) groups excluding carboxylic acids is 1. The molecule has 1 saturated carbocycles. The van der Waals surface area contributed by atoms with Gasteiger partial charge in [0.2, 0.25) is 0 Å². The molecule has 1 amide bonds. The van der Waals surface area contributed by atoms with Crippen LogP contribution in [0.4, 0.5) is 11.4 Å². The number of carbonyl (C=O) groups is 1. The number of hydrogen-bond donors (Lipinski definition) is 0. The topological polar surface area (TPSA) is 119 Å². The van der Waals surface area contributed by atoms with Crippen LogP contribution < -0.4 is 0 Å². The number of hydrogen-bond acceptors (Lipinski definition) is 6. The Morgan fingerprint density at radius 1 is 0.917 bits per heavy atom. The van der Waals surface area contributed by atoms with Gasteiger partial charge >= 0.3 is 0 Å². The summed E-state index contributed by atoms with van der Waals surface area (Å²) in [7, 11) is 0. The molecule has 3 aromatic carbocycles. The van der Waals surface area contributed by atoms with Crippen LogP contribution in [-0.4, -0.2) is 26.5 Å². The molecule has 2 atom stereocenters. The first-order valence-corrected chi connectivity index (χ1v) is 11.6. The van der Waals surface area contributed by atoms with Crippen molar-refractivity contribution in [3.63, 3.8) is 0 Å². The van der Waals surface area contributed by atoms with Gasteiger partial charge in [-0.15, -0.1) is 0 Å². The fourth-order valence-electron chi connectivity index (χ4n) is 4.97. The van der Waals surface area contributed by atoms with Crippen molar-refractivity contribution in [2.45, 2.75) is 25.3 Å². The van der Waals surface area contributed by atoms with E-state index in [9.17, 15) is 25.0 Å². The van der Waals surface area contributed by atoms with Crippen molar-refractivity contribution in [3.8, 4) is 0 Å². The number of allylic oxidation sites excluding steroid dienone is 1. The minimum absolute atomic E-state index is 0.000392. The van der Waals surface area contributed by atoms with Gasteiger partial charge in [0.05, 0.1) is 21.6 Å². The molecule has 1 fully saturated rings. The van der Waals surface area contributed by atoms with Crippen molar-refractivity contribution in [2.75, 3.05) is 0 Å². The lowest BCUT2D eigenvalue weighted by molar-refractivity contribution is -0.385. The largest absolute Gasteiger partial charge is 0.274 e. The molecule has 0 N–H and O–H groups in total. The maximum absolute atomic E-state index is 13.6. The molecular formula is C27H22N4O5. The predicted molar refractivity (Wildman–Crippen MR) is 134 cm³/mol. The Morgan fingerprint density at radius 2 is 1.61 bits per heavy atom. The average Bonchev–Trinajstić information content (AvgIpc) is 3.29. The minimum atomic E-state index is -0.499. The molecule has 2 aliphatic rings. The molecule has 9 nitrogen and oxygen atoms in total. The number of hydrazone groups is 1. The van der Waals surface area contributed by atoms with E-state index in [1.165, 1.54) is 29.3 Å². The molecule has 0 radical (unpaired) electrons. The predicted octanol–water partition coefficient (Wildman–Crippen LogP) is 5.94. The molecule has 180 valence electrons. The Kier molecular flexibility index (Phi) is 6.12. The second kappa shape index (κ2) is 9.53. The Labute approximate surface area is 206 Å². The van der Waals surface area contributed by atoms with Gasteiger partial charge in [0.15, 0.2) is 0 Å². The maximum Gasteiger partial charge on any atom is 0.274 e. The highest BCUT2D eigenvalue weighted by Gasteiger charge is 2.44. The third-order valence-corrected chi connectivity index (χ3v) is 6.57. The minimum Gasteiger partial charge on any atom is -0.267 e. The second-order valence-corrected chi connectivity index (χ2v) is 8.82. The Morgan fingerprint density at radius 3 is 2.33 bits per heavy atom. The first-order valence-electron chi connectivity index (χ1n) is 11.6. The first kappa shape index (κ1) is 23.1. The molecular weight excluding hydrogens is 460 g/mol. The quantitative estimate of drug-likeness (QED) is 0.329. The third-order valence-electron chi connectivity index (χ3n) is 6.57. The van der Waals surface area contributed by atoms with E-state index in [1.807, 2.05) is 12.1 Å². The van der Waals surface area contributed by atoms with Crippen molar-refractivity contribution in [1.29, 1.82) is 0 Å². The van der Waals surface area contributed by atoms with Crippen LogP contribution in [0.3, 0.4) is 0 Å². The number of benzene rings is 3. The first-order chi connectivity index (χ1) is 17.4. The van der Waals surface area contributed by atoms with E-state index in [2.05, 4.69) is 0 Å². The highest BCUT2D eigenvalue weighted by atomic mass is 16.6. The molecule has 1 aliphatic heterocycles. The SMILES string of the molecule is O=C(c1ccccc1)N1N=C2/C(=C/c3cccc([N+](=O)[O-])c3)CCC[C@@H]2[C@@H]1c1cccc([N+](=O)[O-])c1.